The number of carbonyl (C=O) groups is 2. The van der Waals surface area contributed by atoms with E-state index < -0.39 is 17.9 Å². The lowest BCUT2D eigenvalue weighted by Gasteiger charge is -2.09. The Balaban J connectivity index is 2.34. The van der Waals surface area contributed by atoms with Crippen LogP contribution in [0.3, 0.4) is 0 Å². The molecule has 0 saturated heterocycles. The van der Waals surface area contributed by atoms with E-state index in [0.717, 1.165) is 0 Å². The van der Waals surface area contributed by atoms with Gasteiger partial charge in [-0.2, -0.15) is 5.26 Å². The Morgan fingerprint density at radius 1 is 1.40 bits per heavy atom. The number of amides is 2. The highest BCUT2D eigenvalue weighted by Gasteiger charge is 2.10. The number of hydrogen-bond donors (Lipinski definition) is 3. The summed E-state index contributed by atoms with van der Waals surface area (Å²) in [6.45, 7) is 2.02. The fourth-order valence-corrected chi connectivity index (χ4v) is 1.59. The molecule has 0 aliphatic rings. The largest absolute Gasteiger partial charge is 0.481 e. The van der Waals surface area contributed by atoms with Gasteiger partial charge in [0.05, 0.1) is 17.2 Å². The second-order valence-electron chi connectivity index (χ2n) is 4.42. The minimum atomic E-state index is -0.836. The first-order chi connectivity index (χ1) is 9.54. The summed E-state index contributed by atoms with van der Waals surface area (Å²) in [4.78, 5) is 22.2. The van der Waals surface area contributed by atoms with E-state index in [-0.39, 0.29) is 0 Å². The van der Waals surface area contributed by atoms with Crippen molar-refractivity contribution in [2.75, 3.05) is 11.9 Å². The van der Waals surface area contributed by atoms with Crippen LogP contribution in [0.1, 0.15) is 25.3 Å². The Hall–Kier alpha value is -2.55. The number of nitrogens with zero attached hydrogens (tertiary/aromatic N) is 1. The molecule has 20 heavy (non-hydrogen) atoms. The molecule has 0 aliphatic heterocycles. The van der Waals surface area contributed by atoms with E-state index in [2.05, 4.69) is 10.6 Å². The molecular formula is C14H17N3O3. The molecule has 1 rings (SSSR count). The molecule has 1 aromatic carbocycles. The summed E-state index contributed by atoms with van der Waals surface area (Å²) in [6, 6.07) is 8.28. The first kappa shape index (κ1) is 15.5. The third-order valence-electron chi connectivity index (χ3n) is 2.82. The molecule has 0 saturated carbocycles. The summed E-state index contributed by atoms with van der Waals surface area (Å²) in [5.41, 5.74) is 0.841. The van der Waals surface area contributed by atoms with Gasteiger partial charge in [0, 0.05) is 6.54 Å². The molecule has 0 spiro atoms. The summed E-state index contributed by atoms with van der Waals surface area (Å²) >= 11 is 0. The lowest BCUT2D eigenvalue weighted by atomic mass is 10.1. The van der Waals surface area contributed by atoms with Gasteiger partial charge in [-0.3, -0.25) is 4.79 Å². The Kier molecular flexibility index (Phi) is 6.04. The first-order valence-corrected chi connectivity index (χ1v) is 6.31. The standard InChI is InChI=1S/C14H17N3O3/c1-10(13(18)19)5-4-8-16-14(20)17-12-7-3-2-6-11(12)9-15/h2-3,6-7,10H,4-5,8H2,1H3,(H,18,19)(H2,16,17,20). The van der Waals surface area contributed by atoms with Crippen molar-refractivity contribution in [1.82, 2.24) is 5.32 Å². The predicted octanol–water partition coefficient (Wildman–Crippen LogP) is 2.18. The Bertz CT molecular complexity index is 523. The third-order valence-corrected chi connectivity index (χ3v) is 2.82. The summed E-state index contributed by atoms with van der Waals surface area (Å²) in [7, 11) is 0. The van der Waals surface area contributed by atoms with Gasteiger partial charge in [-0.05, 0) is 25.0 Å². The number of carbonyl (C=O) groups excluding carboxylic acids is 1. The number of urea groups is 1. The van der Waals surface area contributed by atoms with Crippen molar-refractivity contribution in [3.8, 4) is 6.07 Å². The van der Waals surface area contributed by atoms with Crippen LogP contribution in [0.4, 0.5) is 10.5 Å². The monoisotopic (exact) mass is 275 g/mol. The zero-order chi connectivity index (χ0) is 15.0. The quantitative estimate of drug-likeness (QED) is 0.692. The molecule has 1 aromatic rings. The normalized spacial score (nSPS) is 11.2. The molecular weight excluding hydrogens is 258 g/mol. The fraction of sp³-hybridized carbons (Fsp3) is 0.357. The van der Waals surface area contributed by atoms with Crippen LogP contribution in [0.15, 0.2) is 24.3 Å². The van der Waals surface area contributed by atoms with E-state index >= 15 is 0 Å². The third kappa shape index (κ3) is 4.98. The van der Waals surface area contributed by atoms with E-state index in [9.17, 15) is 9.59 Å². The van der Waals surface area contributed by atoms with E-state index in [1.807, 2.05) is 6.07 Å². The average Bonchev–Trinajstić information content (AvgIpc) is 2.43. The minimum Gasteiger partial charge on any atom is -0.481 e. The van der Waals surface area contributed by atoms with Crippen molar-refractivity contribution >= 4 is 17.7 Å². The van der Waals surface area contributed by atoms with Crippen LogP contribution >= 0.6 is 0 Å². The van der Waals surface area contributed by atoms with E-state index in [1.165, 1.54) is 0 Å². The second-order valence-corrected chi connectivity index (χ2v) is 4.42. The molecule has 0 bridgehead atoms. The van der Waals surface area contributed by atoms with Crippen LogP contribution in [-0.2, 0) is 4.79 Å². The molecule has 0 radical (unpaired) electrons. The van der Waals surface area contributed by atoms with E-state index in [4.69, 9.17) is 10.4 Å². The maximum absolute atomic E-state index is 11.6. The van der Waals surface area contributed by atoms with Crippen LogP contribution in [0.2, 0.25) is 0 Å². The maximum atomic E-state index is 11.6. The number of rotatable bonds is 6. The molecule has 1 unspecified atom stereocenters. The maximum Gasteiger partial charge on any atom is 0.319 e. The number of nitriles is 1. The predicted molar refractivity (Wildman–Crippen MR) is 74.2 cm³/mol. The summed E-state index contributed by atoms with van der Waals surface area (Å²) in [5, 5.41) is 22.8. The number of hydrogen-bond acceptors (Lipinski definition) is 3. The van der Waals surface area contributed by atoms with Crippen LogP contribution < -0.4 is 10.6 Å². The van der Waals surface area contributed by atoms with Crippen molar-refractivity contribution in [3.63, 3.8) is 0 Å². The van der Waals surface area contributed by atoms with Crippen LogP contribution in [0.25, 0.3) is 0 Å². The zero-order valence-electron chi connectivity index (χ0n) is 11.2. The zero-order valence-corrected chi connectivity index (χ0v) is 11.2. The number of anilines is 1. The van der Waals surface area contributed by atoms with Crippen molar-refractivity contribution < 1.29 is 14.7 Å². The minimum absolute atomic E-state index is 0.387. The number of nitrogens with one attached hydrogen (secondary N) is 2. The van der Waals surface area contributed by atoms with Gasteiger partial charge < -0.3 is 15.7 Å². The fourth-order valence-electron chi connectivity index (χ4n) is 1.59. The molecule has 6 heteroatoms. The van der Waals surface area contributed by atoms with Crippen molar-refractivity contribution in [2.45, 2.75) is 19.8 Å². The molecule has 106 valence electrons. The highest BCUT2D eigenvalue weighted by molar-refractivity contribution is 5.90. The van der Waals surface area contributed by atoms with Gasteiger partial charge in [0.1, 0.15) is 6.07 Å². The molecule has 3 N–H and O–H groups in total. The molecule has 0 fully saturated rings. The number of para-hydroxylation sites is 1. The lowest BCUT2D eigenvalue weighted by molar-refractivity contribution is -0.141. The first-order valence-electron chi connectivity index (χ1n) is 6.31. The molecule has 1 atom stereocenters. The van der Waals surface area contributed by atoms with Gasteiger partial charge in [-0.15, -0.1) is 0 Å². The van der Waals surface area contributed by atoms with E-state index in [1.54, 1.807) is 31.2 Å². The smallest absolute Gasteiger partial charge is 0.319 e. The number of aliphatic carboxylic acids is 1. The van der Waals surface area contributed by atoms with Crippen LogP contribution in [0.5, 0.6) is 0 Å². The Labute approximate surface area is 117 Å². The summed E-state index contributed by atoms with van der Waals surface area (Å²) in [6.07, 6.45) is 1.09. The molecule has 6 nitrogen and oxygen atoms in total. The summed E-state index contributed by atoms with van der Waals surface area (Å²) in [5.74, 6) is -1.25. The van der Waals surface area contributed by atoms with E-state index in [0.29, 0.717) is 30.6 Å². The van der Waals surface area contributed by atoms with Crippen LogP contribution in [0, 0.1) is 17.2 Å². The van der Waals surface area contributed by atoms with Gasteiger partial charge >= 0.3 is 12.0 Å². The van der Waals surface area contributed by atoms with Gasteiger partial charge in [-0.1, -0.05) is 19.1 Å². The Morgan fingerprint density at radius 3 is 2.75 bits per heavy atom. The highest BCUT2D eigenvalue weighted by atomic mass is 16.4. The number of carboxylic acid groups (broad SMARTS) is 1. The van der Waals surface area contributed by atoms with Crippen LogP contribution in [-0.4, -0.2) is 23.7 Å². The highest BCUT2D eigenvalue weighted by Crippen LogP contribution is 2.13. The SMILES string of the molecule is CC(CCCNC(=O)Nc1ccccc1C#N)C(=O)O. The number of carboxylic acids is 1. The van der Waals surface area contributed by atoms with Gasteiger partial charge in [0.15, 0.2) is 0 Å². The molecule has 0 aromatic heterocycles. The Morgan fingerprint density at radius 2 is 2.10 bits per heavy atom. The lowest BCUT2D eigenvalue weighted by Crippen LogP contribution is -2.30. The van der Waals surface area contributed by atoms with Gasteiger partial charge in [0.25, 0.3) is 0 Å². The van der Waals surface area contributed by atoms with Crippen molar-refractivity contribution in [1.29, 1.82) is 5.26 Å². The molecule has 2 amide bonds. The summed E-state index contributed by atoms with van der Waals surface area (Å²) < 4.78 is 0. The second kappa shape index (κ2) is 7.79. The molecule has 0 aliphatic carbocycles. The topological polar surface area (TPSA) is 102 Å². The van der Waals surface area contributed by atoms with Crippen molar-refractivity contribution in [3.05, 3.63) is 29.8 Å². The van der Waals surface area contributed by atoms with Gasteiger partial charge in [0.2, 0.25) is 0 Å². The van der Waals surface area contributed by atoms with Crippen molar-refractivity contribution in [2.24, 2.45) is 5.92 Å². The van der Waals surface area contributed by atoms with Gasteiger partial charge in [-0.25, -0.2) is 4.79 Å². The number of benzene rings is 1. The molecule has 0 heterocycles. The average molecular weight is 275 g/mol.